The van der Waals surface area contributed by atoms with Gasteiger partial charge >= 0.3 is 0 Å². The second kappa shape index (κ2) is 7.59. The molecular formula is C21H26N2O5S. The van der Waals surface area contributed by atoms with Gasteiger partial charge in [-0.3, -0.25) is 9.10 Å². The normalized spacial score (nSPS) is 17.6. The van der Waals surface area contributed by atoms with E-state index in [0.29, 0.717) is 23.4 Å². The molecule has 156 valence electrons. The molecule has 1 aliphatic rings. The Morgan fingerprint density at radius 1 is 1.21 bits per heavy atom. The number of anilines is 1. The number of carbonyl (C=O) groups excluding carboxylic acids is 1. The van der Waals surface area contributed by atoms with Crippen molar-refractivity contribution in [3.63, 3.8) is 0 Å². The zero-order chi connectivity index (χ0) is 21.4. The first kappa shape index (κ1) is 21.0. The summed E-state index contributed by atoms with van der Waals surface area (Å²) in [5.41, 5.74) is 1.38. The lowest BCUT2D eigenvalue weighted by Gasteiger charge is -2.38. The fraction of sp³-hybridized carbons (Fsp3) is 0.381. The average Bonchev–Trinajstić information content (AvgIpc) is 2.65. The Morgan fingerprint density at radius 2 is 1.86 bits per heavy atom. The molecule has 2 aromatic carbocycles. The van der Waals surface area contributed by atoms with Crippen molar-refractivity contribution in [2.24, 2.45) is 0 Å². The van der Waals surface area contributed by atoms with Crippen LogP contribution in [0.25, 0.3) is 0 Å². The zero-order valence-corrected chi connectivity index (χ0v) is 18.0. The highest BCUT2D eigenvalue weighted by Gasteiger charge is 2.35. The highest BCUT2D eigenvalue weighted by Crippen LogP contribution is 2.41. The van der Waals surface area contributed by atoms with Gasteiger partial charge < -0.3 is 14.8 Å². The molecule has 0 bridgehead atoms. The Kier molecular flexibility index (Phi) is 5.49. The SMILES string of the molecule is COc1ccc2c(c1)[C@@H](NC(=O)c1ccc(N(C)S(C)(=O)=O)cc1)CC(C)(C)O2. The number of carbonyl (C=O) groups is 1. The van der Waals surface area contributed by atoms with E-state index in [9.17, 15) is 13.2 Å². The highest BCUT2D eigenvalue weighted by molar-refractivity contribution is 7.92. The van der Waals surface area contributed by atoms with Crippen LogP contribution in [0.3, 0.4) is 0 Å². The van der Waals surface area contributed by atoms with Crippen LogP contribution >= 0.6 is 0 Å². The number of fused-ring (bicyclic) bond motifs is 1. The molecule has 3 rings (SSSR count). The van der Waals surface area contributed by atoms with Gasteiger partial charge in [-0.25, -0.2) is 8.42 Å². The number of hydrogen-bond donors (Lipinski definition) is 1. The van der Waals surface area contributed by atoms with Crippen LogP contribution in [0, 0.1) is 0 Å². The van der Waals surface area contributed by atoms with E-state index < -0.39 is 15.6 Å². The van der Waals surface area contributed by atoms with Gasteiger partial charge in [0.1, 0.15) is 17.1 Å². The lowest BCUT2D eigenvalue weighted by molar-refractivity contribution is 0.0618. The minimum absolute atomic E-state index is 0.241. The van der Waals surface area contributed by atoms with Crippen LogP contribution in [-0.4, -0.2) is 40.3 Å². The van der Waals surface area contributed by atoms with Crippen molar-refractivity contribution in [3.8, 4) is 11.5 Å². The molecule has 0 fully saturated rings. The summed E-state index contributed by atoms with van der Waals surface area (Å²) in [6, 6.07) is 11.8. The monoisotopic (exact) mass is 418 g/mol. The largest absolute Gasteiger partial charge is 0.497 e. The summed E-state index contributed by atoms with van der Waals surface area (Å²) in [5, 5.41) is 3.07. The van der Waals surface area contributed by atoms with Crippen LogP contribution in [0.15, 0.2) is 42.5 Å². The fourth-order valence-corrected chi connectivity index (χ4v) is 3.85. The third kappa shape index (κ3) is 4.64. The van der Waals surface area contributed by atoms with E-state index in [1.54, 1.807) is 31.4 Å². The van der Waals surface area contributed by atoms with E-state index in [1.807, 2.05) is 32.0 Å². The van der Waals surface area contributed by atoms with E-state index in [0.717, 1.165) is 21.9 Å². The third-order valence-corrected chi connectivity index (χ3v) is 6.18. The van der Waals surface area contributed by atoms with Crippen LogP contribution in [0.1, 0.15) is 42.2 Å². The van der Waals surface area contributed by atoms with E-state index >= 15 is 0 Å². The number of hydrogen-bond acceptors (Lipinski definition) is 5. The van der Waals surface area contributed by atoms with Crippen molar-refractivity contribution < 1.29 is 22.7 Å². The van der Waals surface area contributed by atoms with Crippen molar-refractivity contribution in [2.45, 2.75) is 31.9 Å². The van der Waals surface area contributed by atoms with Crippen LogP contribution in [-0.2, 0) is 10.0 Å². The van der Waals surface area contributed by atoms with Gasteiger partial charge in [0.05, 0.1) is 25.1 Å². The number of rotatable bonds is 5. The van der Waals surface area contributed by atoms with Crippen molar-refractivity contribution in [1.29, 1.82) is 0 Å². The first-order valence-corrected chi connectivity index (χ1v) is 11.1. The predicted octanol–water partition coefficient (Wildman–Crippen LogP) is 3.12. The zero-order valence-electron chi connectivity index (χ0n) is 17.2. The molecule has 0 aliphatic carbocycles. The maximum Gasteiger partial charge on any atom is 0.251 e. The maximum atomic E-state index is 12.9. The fourth-order valence-electron chi connectivity index (χ4n) is 3.34. The Bertz CT molecular complexity index is 1020. The summed E-state index contributed by atoms with van der Waals surface area (Å²) in [5.74, 6) is 1.17. The summed E-state index contributed by atoms with van der Waals surface area (Å²) < 4.78 is 35.9. The Morgan fingerprint density at radius 3 is 2.45 bits per heavy atom. The van der Waals surface area contributed by atoms with Gasteiger partial charge in [0, 0.05) is 24.6 Å². The van der Waals surface area contributed by atoms with Crippen molar-refractivity contribution in [2.75, 3.05) is 24.7 Å². The smallest absolute Gasteiger partial charge is 0.251 e. The molecule has 2 aromatic rings. The summed E-state index contributed by atoms with van der Waals surface area (Å²) in [4.78, 5) is 12.9. The third-order valence-electron chi connectivity index (χ3n) is 4.97. The maximum absolute atomic E-state index is 12.9. The topological polar surface area (TPSA) is 84.9 Å². The predicted molar refractivity (Wildman–Crippen MR) is 112 cm³/mol. The molecule has 1 N–H and O–H groups in total. The van der Waals surface area contributed by atoms with Crippen LogP contribution in [0.2, 0.25) is 0 Å². The summed E-state index contributed by atoms with van der Waals surface area (Å²) >= 11 is 0. The van der Waals surface area contributed by atoms with Gasteiger partial charge in [-0.15, -0.1) is 0 Å². The van der Waals surface area contributed by atoms with Gasteiger partial charge in [-0.2, -0.15) is 0 Å². The molecule has 0 radical (unpaired) electrons. The van der Waals surface area contributed by atoms with Gasteiger partial charge in [-0.05, 0) is 56.3 Å². The van der Waals surface area contributed by atoms with Crippen LogP contribution in [0.4, 0.5) is 5.69 Å². The van der Waals surface area contributed by atoms with E-state index in [-0.39, 0.29) is 11.9 Å². The second-order valence-corrected chi connectivity index (χ2v) is 9.79. The lowest BCUT2D eigenvalue weighted by atomic mass is 9.89. The molecule has 1 atom stereocenters. The van der Waals surface area contributed by atoms with E-state index in [2.05, 4.69) is 5.32 Å². The van der Waals surface area contributed by atoms with Gasteiger partial charge in [-0.1, -0.05) is 0 Å². The molecular weight excluding hydrogens is 392 g/mol. The Hall–Kier alpha value is -2.74. The van der Waals surface area contributed by atoms with Crippen LogP contribution < -0.4 is 19.1 Å². The molecule has 0 spiro atoms. The Labute approximate surface area is 171 Å². The number of sulfonamides is 1. The molecule has 0 saturated carbocycles. The number of ether oxygens (including phenoxy) is 2. The van der Waals surface area contributed by atoms with E-state index in [4.69, 9.17) is 9.47 Å². The summed E-state index contributed by atoms with van der Waals surface area (Å²) in [6.07, 6.45) is 1.74. The molecule has 8 heteroatoms. The standard InChI is InChI=1S/C21H26N2O5S/c1-21(2)13-18(17-12-16(27-4)10-11-19(17)28-21)22-20(24)14-6-8-15(9-7-14)23(3)29(5,25)26/h6-12,18H,13H2,1-5H3,(H,22,24)/t18-/m0/s1. The molecule has 29 heavy (non-hydrogen) atoms. The molecule has 1 aliphatic heterocycles. The quantitative estimate of drug-likeness (QED) is 0.806. The number of nitrogens with zero attached hydrogens (tertiary/aromatic N) is 1. The number of methoxy groups -OCH3 is 1. The average molecular weight is 419 g/mol. The van der Waals surface area contributed by atoms with Crippen LogP contribution in [0.5, 0.6) is 11.5 Å². The summed E-state index contributed by atoms with van der Waals surface area (Å²) in [7, 11) is -0.291. The van der Waals surface area contributed by atoms with Crippen molar-refractivity contribution in [1.82, 2.24) is 5.32 Å². The minimum atomic E-state index is -3.36. The Balaban J connectivity index is 1.83. The number of benzene rings is 2. The van der Waals surface area contributed by atoms with Crippen molar-refractivity contribution >= 4 is 21.6 Å². The second-order valence-electron chi connectivity index (χ2n) is 7.77. The molecule has 0 saturated heterocycles. The molecule has 0 aromatic heterocycles. The van der Waals surface area contributed by atoms with Crippen molar-refractivity contribution in [3.05, 3.63) is 53.6 Å². The van der Waals surface area contributed by atoms with Gasteiger partial charge in [0.25, 0.3) is 5.91 Å². The number of amides is 1. The molecule has 0 unspecified atom stereocenters. The van der Waals surface area contributed by atoms with Gasteiger partial charge in [0.2, 0.25) is 10.0 Å². The molecule has 7 nitrogen and oxygen atoms in total. The minimum Gasteiger partial charge on any atom is -0.497 e. The number of nitrogens with one attached hydrogen (secondary N) is 1. The first-order chi connectivity index (χ1) is 13.5. The summed E-state index contributed by atoms with van der Waals surface area (Å²) in [6.45, 7) is 3.96. The van der Waals surface area contributed by atoms with E-state index in [1.165, 1.54) is 7.05 Å². The highest BCUT2D eigenvalue weighted by atomic mass is 32.2. The lowest BCUT2D eigenvalue weighted by Crippen LogP contribution is -2.41. The molecule has 1 amide bonds. The molecule has 1 heterocycles. The first-order valence-electron chi connectivity index (χ1n) is 9.22. The van der Waals surface area contributed by atoms with Gasteiger partial charge in [0.15, 0.2) is 0 Å².